The van der Waals surface area contributed by atoms with E-state index in [1.807, 2.05) is 43.0 Å². The number of nitrogen functional groups attached to an aromatic ring is 1. The van der Waals surface area contributed by atoms with Crippen LogP contribution in [0.4, 0.5) is 11.4 Å². The van der Waals surface area contributed by atoms with Gasteiger partial charge >= 0.3 is 0 Å². The van der Waals surface area contributed by atoms with Crippen LogP contribution in [0.2, 0.25) is 0 Å². The zero-order valence-electron chi connectivity index (χ0n) is 12.1. The predicted molar refractivity (Wildman–Crippen MR) is 81.3 cm³/mol. The van der Waals surface area contributed by atoms with Crippen LogP contribution in [0, 0.1) is 0 Å². The number of rotatable bonds is 7. The van der Waals surface area contributed by atoms with Crippen molar-refractivity contribution in [2.45, 2.75) is 39.7 Å². The summed E-state index contributed by atoms with van der Waals surface area (Å²) < 4.78 is 0. The SMILES string of the molecule is CCCC(C)NC(=O)CN(CC)c1ccc(N)cc1. The average Bonchev–Trinajstić information content (AvgIpc) is 2.37. The first-order chi connectivity index (χ1) is 9.06. The fourth-order valence-electron chi connectivity index (χ4n) is 2.07. The number of hydrogen-bond donors (Lipinski definition) is 2. The van der Waals surface area contributed by atoms with E-state index in [2.05, 4.69) is 12.2 Å². The van der Waals surface area contributed by atoms with Crippen molar-refractivity contribution in [3.8, 4) is 0 Å². The molecule has 0 fully saturated rings. The van der Waals surface area contributed by atoms with E-state index in [1.54, 1.807) is 0 Å². The molecule has 0 heterocycles. The molecule has 4 nitrogen and oxygen atoms in total. The maximum absolute atomic E-state index is 12.0. The molecule has 0 saturated carbocycles. The number of carbonyl (C=O) groups excluding carboxylic acids is 1. The summed E-state index contributed by atoms with van der Waals surface area (Å²) >= 11 is 0. The first kappa shape index (κ1) is 15.3. The van der Waals surface area contributed by atoms with Gasteiger partial charge in [0.05, 0.1) is 6.54 Å². The lowest BCUT2D eigenvalue weighted by atomic mass is 10.2. The van der Waals surface area contributed by atoms with Gasteiger partial charge in [0.1, 0.15) is 0 Å². The van der Waals surface area contributed by atoms with Crippen LogP contribution >= 0.6 is 0 Å². The molecule has 1 amide bonds. The number of hydrogen-bond acceptors (Lipinski definition) is 3. The minimum atomic E-state index is 0.0691. The lowest BCUT2D eigenvalue weighted by molar-refractivity contribution is -0.120. The zero-order chi connectivity index (χ0) is 14.3. The Morgan fingerprint density at radius 3 is 2.47 bits per heavy atom. The number of nitrogens with zero attached hydrogens (tertiary/aromatic N) is 1. The third-order valence-corrected chi connectivity index (χ3v) is 3.10. The van der Waals surface area contributed by atoms with Crippen molar-refractivity contribution in [1.29, 1.82) is 0 Å². The second kappa shape index (κ2) is 7.67. The Hall–Kier alpha value is -1.71. The molecular formula is C15H25N3O. The van der Waals surface area contributed by atoms with Gasteiger partial charge in [-0.05, 0) is 44.5 Å². The van der Waals surface area contributed by atoms with Crippen LogP contribution < -0.4 is 16.0 Å². The van der Waals surface area contributed by atoms with Crippen LogP contribution in [0.5, 0.6) is 0 Å². The van der Waals surface area contributed by atoms with Gasteiger partial charge < -0.3 is 16.0 Å². The molecule has 1 rings (SSSR count). The van der Waals surface area contributed by atoms with Gasteiger partial charge in [-0.1, -0.05) is 13.3 Å². The summed E-state index contributed by atoms with van der Waals surface area (Å²) in [5.41, 5.74) is 7.43. The Kier molecular flexibility index (Phi) is 6.19. The molecule has 4 heteroatoms. The van der Waals surface area contributed by atoms with Crippen LogP contribution in [0.25, 0.3) is 0 Å². The molecule has 1 aromatic rings. The largest absolute Gasteiger partial charge is 0.399 e. The van der Waals surface area contributed by atoms with Crippen LogP contribution in [-0.2, 0) is 4.79 Å². The van der Waals surface area contributed by atoms with Crippen LogP contribution in [0.3, 0.4) is 0 Å². The van der Waals surface area contributed by atoms with Crippen molar-refractivity contribution in [3.63, 3.8) is 0 Å². The molecule has 0 spiro atoms. The lowest BCUT2D eigenvalue weighted by Gasteiger charge is -2.23. The van der Waals surface area contributed by atoms with Crippen molar-refractivity contribution >= 4 is 17.3 Å². The van der Waals surface area contributed by atoms with E-state index in [0.29, 0.717) is 6.54 Å². The molecule has 0 radical (unpaired) electrons. The summed E-state index contributed by atoms with van der Waals surface area (Å²) in [5, 5.41) is 3.02. The molecule has 0 aromatic heterocycles. The van der Waals surface area contributed by atoms with Gasteiger partial charge in [-0.2, -0.15) is 0 Å². The third-order valence-electron chi connectivity index (χ3n) is 3.10. The summed E-state index contributed by atoms with van der Waals surface area (Å²) in [5.74, 6) is 0.0691. The molecule has 0 bridgehead atoms. The van der Waals surface area contributed by atoms with Gasteiger partial charge in [0.2, 0.25) is 5.91 Å². The van der Waals surface area contributed by atoms with Crippen LogP contribution in [-0.4, -0.2) is 25.0 Å². The van der Waals surface area contributed by atoms with Crippen LogP contribution in [0.15, 0.2) is 24.3 Å². The molecule has 106 valence electrons. The maximum atomic E-state index is 12.0. The molecule has 0 aliphatic rings. The maximum Gasteiger partial charge on any atom is 0.239 e. The standard InChI is InChI=1S/C15H25N3O/c1-4-6-12(3)17-15(19)11-18(5-2)14-9-7-13(16)8-10-14/h7-10,12H,4-6,11,16H2,1-3H3,(H,17,19). The summed E-state index contributed by atoms with van der Waals surface area (Å²) in [6.45, 7) is 7.38. The van der Waals surface area contributed by atoms with E-state index >= 15 is 0 Å². The Bertz CT molecular complexity index is 389. The molecule has 19 heavy (non-hydrogen) atoms. The Labute approximate surface area is 116 Å². The summed E-state index contributed by atoms with van der Waals surface area (Å²) in [4.78, 5) is 14.0. The monoisotopic (exact) mass is 263 g/mol. The van der Waals surface area contributed by atoms with Crippen molar-refractivity contribution in [2.75, 3.05) is 23.7 Å². The Morgan fingerprint density at radius 1 is 1.32 bits per heavy atom. The average molecular weight is 263 g/mol. The van der Waals surface area contributed by atoms with Gasteiger partial charge in [0.15, 0.2) is 0 Å². The van der Waals surface area contributed by atoms with E-state index in [1.165, 1.54) is 0 Å². The molecule has 3 N–H and O–H groups in total. The van der Waals surface area contributed by atoms with Crippen molar-refractivity contribution in [1.82, 2.24) is 5.32 Å². The highest BCUT2D eigenvalue weighted by Crippen LogP contribution is 2.15. The topological polar surface area (TPSA) is 58.4 Å². The number of likely N-dealkylation sites (N-methyl/N-ethyl adjacent to an activating group) is 1. The smallest absolute Gasteiger partial charge is 0.239 e. The second-order valence-corrected chi connectivity index (χ2v) is 4.86. The lowest BCUT2D eigenvalue weighted by Crippen LogP contribution is -2.41. The molecule has 0 aliphatic carbocycles. The number of carbonyl (C=O) groups is 1. The highest BCUT2D eigenvalue weighted by Gasteiger charge is 2.11. The zero-order valence-corrected chi connectivity index (χ0v) is 12.1. The van der Waals surface area contributed by atoms with Gasteiger partial charge in [-0.15, -0.1) is 0 Å². The van der Waals surface area contributed by atoms with E-state index in [-0.39, 0.29) is 11.9 Å². The predicted octanol–water partition coefficient (Wildman–Crippen LogP) is 2.40. The number of nitrogens with one attached hydrogen (secondary N) is 1. The molecule has 1 unspecified atom stereocenters. The number of anilines is 2. The van der Waals surface area contributed by atoms with Gasteiger partial charge in [-0.25, -0.2) is 0 Å². The highest BCUT2D eigenvalue weighted by molar-refractivity contribution is 5.81. The Morgan fingerprint density at radius 2 is 1.95 bits per heavy atom. The van der Waals surface area contributed by atoms with Crippen LogP contribution in [0.1, 0.15) is 33.6 Å². The Balaban J connectivity index is 2.56. The number of benzene rings is 1. The summed E-state index contributed by atoms with van der Waals surface area (Å²) in [6, 6.07) is 7.84. The first-order valence-electron chi connectivity index (χ1n) is 6.96. The first-order valence-corrected chi connectivity index (χ1v) is 6.96. The van der Waals surface area contributed by atoms with Crippen molar-refractivity contribution in [3.05, 3.63) is 24.3 Å². The fraction of sp³-hybridized carbons (Fsp3) is 0.533. The van der Waals surface area contributed by atoms with E-state index in [4.69, 9.17) is 5.73 Å². The fourth-order valence-corrected chi connectivity index (χ4v) is 2.07. The summed E-state index contributed by atoms with van der Waals surface area (Å²) in [7, 11) is 0. The van der Waals surface area contributed by atoms with Gasteiger partial charge in [-0.3, -0.25) is 4.79 Å². The number of amides is 1. The quantitative estimate of drug-likeness (QED) is 0.743. The van der Waals surface area contributed by atoms with Gasteiger partial charge in [0.25, 0.3) is 0 Å². The van der Waals surface area contributed by atoms with Gasteiger partial charge in [0, 0.05) is 24.0 Å². The highest BCUT2D eigenvalue weighted by atomic mass is 16.2. The third kappa shape index (κ3) is 5.20. The van der Waals surface area contributed by atoms with Crippen molar-refractivity contribution in [2.24, 2.45) is 0 Å². The normalized spacial score (nSPS) is 11.9. The molecule has 0 saturated heterocycles. The van der Waals surface area contributed by atoms with Crippen molar-refractivity contribution < 1.29 is 4.79 Å². The minimum Gasteiger partial charge on any atom is -0.399 e. The van der Waals surface area contributed by atoms with E-state index in [0.717, 1.165) is 30.8 Å². The van der Waals surface area contributed by atoms with E-state index in [9.17, 15) is 4.79 Å². The summed E-state index contributed by atoms with van der Waals surface area (Å²) in [6.07, 6.45) is 2.09. The second-order valence-electron chi connectivity index (χ2n) is 4.86. The minimum absolute atomic E-state index is 0.0691. The molecular weight excluding hydrogens is 238 g/mol. The molecule has 1 atom stereocenters. The molecule has 0 aliphatic heterocycles. The van der Waals surface area contributed by atoms with E-state index < -0.39 is 0 Å². The number of nitrogens with two attached hydrogens (primary N) is 1. The molecule has 1 aromatic carbocycles.